The Morgan fingerprint density at radius 3 is 2.35 bits per heavy atom. The number of nitrogens with zero attached hydrogens (tertiary/aromatic N) is 3. The van der Waals surface area contributed by atoms with E-state index in [1.807, 2.05) is 34.1 Å². The monoisotopic (exact) mass is 371 g/mol. The van der Waals surface area contributed by atoms with Crippen LogP contribution in [0.15, 0.2) is 30.3 Å². The van der Waals surface area contributed by atoms with Gasteiger partial charge in [-0.25, -0.2) is 0 Å². The number of piperazine rings is 1. The van der Waals surface area contributed by atoms with Gasteiger partial charge in [0.1, 0.15) is 0 Å². The predicted molar refractivity (Wildman–Crippen MR) is 105 cm³/mol. The number of carbonyl (C=O) groups excluding carboxylic acids is 2. The molecule has 4 rings (SSSR count). The van der Waals surface area contributed by atoms with Crippen molar-refractivity contribution < 1.29 is 9.59 Å². The lowest BCUT2D eigenvalue weighted by Gasteiger charge is -2.35. The van der Waals surface area contributed by atoms with Gasteiger partial charge >= 0.3 is 0 Å². The molecule has 0 radical (unpaired) electrons. The maximum absolute atomic E-state index is 12.8. The van der Waals surface area contributed by atoms with Gasteiger partial charge in [0.05, 0.1) is 11.4 Å². The van der Waals surface area contributed by atoms with Crippen molar-refractivity contribution in [3.8, 4) is 0 Å². The fraction of sp³-hybridized carbons (Fsp3) is 0.500. The number of amides is 2. The Morgan fingerprint density at radius 1 is 0.885 bits per heavy atom. The first-order valence-corrected chi connectivity index (χ1v) is 10.3. The summed E-state index contributed by atoms with van der Waals surface area (Å²) in [6.07, 6.45) is 3.49. The number of fused-ring (bicyclic) bond motifs is 1. The van der Waals surface area contributed by atoms with Crippen molar-refractivity contribution in [2.75, 3.05) is 45.8 Å². The van der Waals surface area contributed by atoms with E-state index < -0.39 is 0 Å². The van der Waals surface area contributed by atoms with Crippen LogP contribution in [0.5, 0.6) is 0 Å². The number of carbonyl (C=O) groups is 2. The summed E-state index contributed by atoms with van der Waals surface area (Å²) in [4.78, 5) is 32.1. The van der Waals surface area contributed by atoms with Gasteiger partial charge < -0.3 is 9.80 Å². The number of hydrogen-bond acceptors (Lipinski definition) is 4. The molecule has 26 heavy (non-hydrogen) atoms. The molecule has 2 amide bonds. The molecule has 6 heteroatoms. The molecule has 2 aliphatic rings. The maximum atomic E-state index is 12.8. The van der Waals surface area contributed by atoms with Crippen LogP contribution in [0.3, 0.4) is 0 Å². The van der Waals surface area contributed by atoms with Crippen molar-refractivity contribution in [1.82, 2.24) is 14.7 Å². The first-order valence-electron chi connectivity index (χ1n) is 9.49. The van der Waals surface area contributed by atoms with Gasteiger partial charge in [0.15, 0.2) is 0 Å². The average Bonchev–Trinajstić information content (AvgIpc) is 3.13. The molecule has 3 heterocycles. The molecule has 138 valence electrons. The van der Waals surface area contributed by atoms with Crippen LogP contribution in [0.25, 0.3) is 10.1 Å². The molecule has 0 N–H and O–H groups in total. The highest BCUT2D eigenvalue weighted by molar-refractivity contribution is 7.20. The molecule has 2 aliphatic heterocycles. The van der Waals surface area contributed by atoms with Crippen LogP contribution in [-0.4, -0.2) is 72.3 Å². The topological polar surface area (TPSA) is 43.9 Å². The van der Waals surface area contributed by atoms with E-state index in [0.29, 0.717) is 19.6 Å². The number of hydrogen-bond donors (Lipinski definition) is 0. The predicted octanol–water partition coefficient (Wildman–Crippen LogP) is 2.67. The van der Waals surface area contributed by atoms with Crippen molar-refractivity contribution in [2.45, 2.75) is 19.3 Å². The summed E-state index contributed by atoms with van der Waals surface area (Å²) in [5.74, 6) is 0.363. The largest absolute Gasteiger partial charge is 0.342 e. The molecule has 2 saturated heterocycles. The fourth-order valence-corrected chi connectivity index (χ4v) is 4.82. The molecule has 0 bridgehead atoms. The average molecular weight is 372 g/mol. The Hall–Kier alpha value is -1.92. The first kappa shape index (κ1) is 17.5. The number of thiophene rings is 1. The lowest BCUT2D eigenvalue weighted by Crippen LogP contribution is -2.51. The molecule has 1 aromatic heterocycles. The highest BCUT2D eigenvalue weighted by Crippen LogP contribution is 2.26. The van der Waals surface area contributed by atoms with Crippen molar-refractivity contribution in [1.29, 1.82) is 0 Å². The Balaban J connectivity index is 1.31. The highest BCUT2D eigenvalue weighted by atomic mass is 32.1. The molecule has 5 nitrogen and oxygen atoms in total. The molecular weight excluding hydrogens is 346 g/mol. The molecule has 1 aromatic carbocycles. The summed E-state index contributed by atoms with van der Waals surface area (Å²) in [5.41, 5.74) is 0. The summed E-state index contributed by atoms with van der Waals surface area (Å²) < 4.78 is 1.15. The van der Waals surface area contributed by atoms with Gasteiger partial charge in [-0.05, 0) is 36.8 Å². The van der Waals surface area contributed by atoms with Gasteiger partial charge in [-0.15, -0.1) is 11.3 Å². The molecular formula is C20H25N3O2S. The normalized spacial score (nSPS) is 19.1. The smallest absolute Gasteiger partial charge is 0.264 e. The Labute approximate surface area is 158 Å². The van der Waals surface area contributed by atoms with Gasteiger partial charge in [0.25, 0.3) is 5.91 Å². The summed E-state index contributed by atoms with van der Waals surface area (Å²) in [6, 6.07) is 10.1. The van der Waals surface area contributed by atoms with Crippen molar-refractivity contribution in [3.05, 3.63) is 35.2 Å². The third-order valence-electron chi connectivity index (χ3n) is 5.36. The van der Waals surface area contributed by atoms with Gasteiger partial charge in [-0.3, -0.25) is 14.5 Å². The van der Waals surface area contributed by atoms with Gasteiger partial charge in [0, 0.05) is 44.0 Å². The minimum absolute atomic E-state index is 0.119. The Morgan fingerprint density at radius 2 is 1.62 bits per heavy atom. The minimum atomic E-state index is 0.119. The lowest BCUT2D eigenvalue weighted by atomic mass is 10.1. The quantitative estimate of drug-likeness (QED) is 0.833. The molecule has 0 unspecified atom stereocenters. The number of rotatable bonds is 3. The second-order valence-corrected chi connectivity index (χ2v) is 8.24. The second-order valence-electron chi connectivity index (χ2n) is 7.16. The summed E-state index contributed by atoms with van der Waals surface area (Å²) in [6.45, 7) is 5.24. The van der Waals surface area contributed by atoms with Crippen LogP contribution in [0.2, 0.25) is 0 Å². The zero-order valence-corrected chi connectivity index (χ0v) is 15.8. The molecule has 0 saturated carbocycles. The zero-order valence-electron chi connectivity index (χ0n) is 15.0. The first-order chi connectivity index (χ1) is 12.7. The third-order valence-corrected chi connectivity index (χ3v) is 6.47. The third kappa shape index (κ3) is 3.76. The van der Waals surface area contributed by atoms with Crippen molar-refractivity contribution >= 4 is 33.2 Å². The van der Waals surface area contributed by atoms with E-state index in [1.54, 1.807) is 11.3 Å². The van der Waals surface area contributed by atoms with E-state index in [1.165, 1.54) is 6.42 Å². The summed E-state index contributed by atoms with van der Waals surface area (Å²) >= 11 is 1.56. The van der Waals surface area contributed by atoms with Gasteiger partial charge in [-0.2, -0.15) is 0 Å². The van der Waals surface area contributed by atoms with Gasteiger partial charge in [0.2, 0.25) is 5.91 Å². The van der Waals surface area contributed by atoms with E-state index in [9.17, 15) is 9.59 Å². The number of benzene rings is 1. The molecule has 2 fully saturated rings. The van der Waals surface area contributed by atoms with Gasteiger partial charge in [-0.1, -0.05) is 18.2 Å². The van der Waals surface area contributed by atoms with E-state index in [0.717, 1.165) is 54.0 Å². The maximum Gasteiger partial charge on any atom is 0.264 e. The molecule has 2 aromatic rings. The van der Waals surface area contributed by atoms with Crippen LogP contribution in [-0.2, 0) is 4.79 Å². The van der Waals surface area contributed by atoms with Crippen molar-refractivity contribution in [3.63, 3.8) is 0 Å². The highest BCUT2D eigenvalue weighted by Gasteiger charge is 2.26. The lowest BCUT2D eigenvalue weighted by molar-refractivity contribution is -0.133. The number of likely N-dealkylation sites (tertiary alicyclic amines) is 1. The molecule has 0 aliphatic carbocycles. The summed E-state index contributed by atoms with van der Waals surface area (Å²) in [5, 5.41) is 1.13. The van der Waals surface area contributed by atoms with E-state index in [-0.39, 0.29) is 11.8 Å². The van der Waals surface area contributed by atoms with Crippen LogP contribution >= 0.6 is 11.3 Å². The standard InChI is InChI=1S/C20H25N3O2S/c24-19(22-8-4-1-5-9-22)15-21-10-12-23(13-11-21)20(25)18-14-16-6-2-3-7-17(16)26-18/h2-3,6-7,14H,1,4-5,8-13,15H2. The van der Waals surface area contributed by atoms with Crippen molar-refractivity contribution in [2.24, 2.45) is 0 Å². The second kappa shape index (κ2) is 7.76. The fourth-order valence-electron chi connectivity index (χ4n) is 3.79. The Kier molecular flexibility index (Phi) is 5.22. The van der Waals surface area contributed by atoms with Crippen LogP contribution in [0.1, 0.15) is 28.9 Å². The van der Waals surface area contributed by atoms with Crippen LogP contribution in [0.4, 0.5) is 0 Å². The molecule has 0 atom stereocenters. The van der Waals surface area contributed by atoms with Crippen LogP contribution < -0.4 is 0 Å². The minimum Gasteiger partial charge on any atom is -0.342 e. The summed E-state index contributed by atoms with van der Waals surface area (Å²) in [7, 11) is 0. The molecule has 0 spiro atoms. The Bertz CT molecular complexity index is 756. The van der Waals surface area contributed by atoms with E-state index in [4.69, 9.17) is 0 Å². The number of piperidine rings is 1. The van der Waals surface area contributed by atoms with Crippen LogP contribution in [0, 0.1) is 0 Å². The van der Waals surface area contributed by atoms with E-state index >= 15 is 0 Å². The SMILES string of the molecule is O=C(CN1CCN(C(=O)c2cc3ccccc3s2)CC1)N1CCCCC1. The van der Waals surface area contributed by atoms with E-state index in [2.05, 4.69) is 11.0 Å². The zero-order chi connectivity index (χ0) is 17.9.